The molecule has 1 aromatic carbocycles. The van der Waals surface area contributed by atoms with E-state index in [-0.39, 0.29) is 22.0 Å². The summed E-state index contributed by atoms with van der Waals surface area (Å²) in [7, 11) is 3.55. The van der Waals surface area contributed by atoms with Crippen LogP contribution in [0.25, 0.3) is 11.4 Å². The van der Waals surface area contributed by atoms with E-state index in [0.29, 0.717) is 30.9 Å². The van der Waals surface area contributed by atoms with Crippen LogP contribution in [-0.4, -0.2) is 52.9 Å². The predicted octanol–water partition coefficient (Wildman–Crippen LogP) is 3.46. The number of fused-ring (bicyclic) bond motifs is 1. The summed E-state index contributed by atoms with van der Waals surface area (Å²) in [4.78, 5) is 32.6. The molecular formula is C23H31ClFN5O2. The fourth-order valence-electron chi connectivity index (χ4n) is 3.98. The van der Waals surface area contributed by atoms with Crippen molar-refractivity contribution in [1.29, 1.82) is 0 Å². The maximum Gasteiger partial charge on any atom is 0.272 e. The summed E-state index contributed by atoms with van der Waals surface area (Å²) in [6.07, 6.45) is 1.36. The van der Waals surface area contributed by atoms with Crippen molar-refractivity contribution >= 4 is 23.4 Å². The Kier molecular flexibility index (Phi) is 7.25. The highest BCUT2D eigenvalue weighted by atomic mass is 35.5. The Morgan fingerprint density at radius 1 is 1.28 bits per heavy atom. The highest BCUT2D eigenvalue weighted by Crippen LogP contribution is 2.29. The normalized spacial score (nSPS) is 15.6. The second-order valence-electron chi connectivity index (χ2n) is 9.51. The number of hydrogen-bond donors (Lipinski definition) is 2. The van der Waals surface area contributed by atoms with E-state index in [0.717, 1.165) is 18.7 Å². The predicted molar refractivity (Wildman–Crippen MR) is 123 cm³/mol. The standard InChI is InChI=1S/C23H31ClFN5O2/c1-23(2,3)12-17(21(31)26-4)27-22(32)19-18-13-29(5)9-6-10-30(18)20(28-19)14-7-8-16(25)15(24)11-14/h7-8,11,17H,6,9-10,12-13H2,1-5H3,(H,26,31)(H,27,32). The van der Waals surface area contributed by atoms with Gasteiger partial charge >= 0.3 is 0 Å². The average Bonchev–Trinajstić information content (AvgIpc) is 2.94. The van der Waals surface area contributed by atoms with Gasteiger partial charge in [-0.05, 0) is 50.0 Å². The van der Waals surface area contributed by atoms with E-state index in [9.17, 15) is 14.0 Å². The fraction of sp³-hybridized carbons (Fsp3) is 0.522. The number of benzene rings is 1. The molecule has 2 aromatic rings. The fourth-order valence-corrected chi connectivity index (χ4v) is 4.16. The molecule has 1 aliphatic rings. The topological polar surface area (TPSA) is 79.3 Å². The maximum atomic E-state index is 13.7. The number of aromatic nitrogens is 2. The number of nitrogens with one attached hydrogen (secondary N) is 2. The van der Waals surface area contributed by atoms with Gasteiger partial charge < -0.3 is 20.1 Å². The molecule has 3 rings (SSSR count). The number of rotatable bonds is 5. The van der Waals surface area contributed by atoms with Gasteiger partial charge in [0.05, 0.1) is 10.7 Å². The van der Waals surface area contributed by atoms with Crippen molar-refractivity contribution in [2.45, 2.75) is 52.7 Å². The van der Waals surface area contributed by atoms with Crippen LogP contribution in [0.3, 0.4) is 0 Å². The number of imidazole rings is 1. The number of halogens is 2. The molecule has 7 nitrogen and oxygen atoms in total. The maximum absolute atomic E-state index is 13.7. The minimum Gasteiger partial charge on any atom is -0.357 e. The van der Waals surface area contributed by atoms with Crippen LogP contribution in [0.2, 0.25) is 5.02 Å². The molecule has 32 heavy (non-hydrogen) atoms. The second kappa shape index (κ2) is 9.58. The lowest BCUT2D eigenvalue weighted by Gasteiger charge is -2.25. The van der Waals surface area contributed by atoms with E-state index in [1.54, 1.807) is 13.1 Å². The highest BCUT2D eigenvalue weighted by Gasteiger charge is 2.30. The van der Waals surface area contributed by atoms with Crippen molar-refractivity contribution < 1.29 is 14.0 Å². The Balaban J connectivity index is 2.03. The zero-order chi connectivity index (χ0) is 23.6. The van der Waals surface area contributed by atoms with Gasteiger partial charge in [-0.2, -0.15) is 0 Å². The first-order valence-corrected chi connectivity index (χ1v) is 11.1. The van der Waals surface area contributed by atoms with Crippen molar-refractivity contribution in [2.75, 3.05) is 20.6 Å². The number of carbonyl (C=O) groups is 2. The van der Waals surface area contributed by atoms with Crippen molar-refractivity contribution in [2.24, 2.45) is 5.41 Å². The molecule has 2 heterocycles. The van der Waals surface area contributed by atoms with Crippen LogP contribution in [-0.2, 0) is 17.9 Å². The lowest BCUT2D eigenvalue weighted by molar-refractivity contribution is -0.123. The van der Waals surface area contributed by atoms with Gasteiger partial charge in [0.2, 0.25) is 5.91 Å². The van der Waals surface area contributed by atoms with Crippen molar-refractivity contribution in [3.05, 3.63) is 40.4 Å². The van der Waals surface area contributed by atoms with Crippen LogP contribution in [0.1, 0.15) is 49.8 Å². The number of likely N-dealkylation sites (N-methyl/N-ethyl adjacent to an activating group) is 1. The van der Waals surface area contributed by atoms with Crippen molar-refractivity contribution in [1.82, 2.24) is 25.1 Å². The Hall–Kier alpha value is -2.45. The third-order valence-electron chi connectivity index (χ3n) is 5.49. The van der Waals surface area contributed by atoms with E-state index < -0.39 is 17.8 Å². The SMILES string of the molecule is CNC(=O)C(CC(C)(C)C)NC(=O)c1nc(-c2ccc(F)c(Cl)c2)n2c1CN(C)CCC2. The molecular weight excluding hydrogens is 433 g/mol. The van der Waals surface area contributed by atoms with E-state index in [1.807, 2.05) is 32.4 Å². The Labute approximate surface area is 193 Å². The van der Waals surface area contributed by atoms with Crippen molar-refractivity contribution in [3.8, 4) is 11.4 Å². The number of hydrogen-bond acceptors (Lipinski definition) is 4. The lowest BCUT2D eigenvalue weighted by Crippen LogP contribution is -2.47. The minimum absolute atomic E-state index is 0.00134. The number of nitrogens with zero attached hydrogens (tertiary/aromatic N) is 3. The van der Waals surface area contributed by atoms with Crippen LogP contribution in [0.15, 0.2) is 18.2 Å². The van der Waals surface area contributed by atoms with E-state index in [4.69, 9.17) is 11.6 Å². The van der Waals surface area contributed by atoms with Gasteiger partial charge in [-0.3, -0.25) is 9.59 Å². The first-order chi connectivity index (χ1) is 15.0. The summed E-state index contributed by atoms with van der Waals surface area (Å²) in [5.41, 5.74) is 1.52. The summed E-state index contributed by atoms with van der Waals surface area (Å²) < 4.78 is 15.7. The lowest BCUT2D eigenvalue weighted by atomic mass is 9.87. The van der Waals surface area contributed by atoms with E-state index >= 15 is 0 Å². The van der Waals surface area contributed by atoms with Crippen LogP contribution in [0.4, 0.5) is 4.39 Å². The number of amides is 2. The molecule has 1 atom stereocenters. The summed E-state index contributed by atoms with van der Waals surface area (Å²) >= 11 is 6.01. The average molecular weight is 464 g/mol. The molecule has 2 amide bonds. The van der Waals surface area contributed by atoms with Gasteiger partial charge in [0.25, 0.3) is 5.91 Å². The molecule has 1 unspecified atom stereocenters. The minimum atomic E-state index is -0.683. The zero-order valence-corrected chi connectivity index (χ0v) is 20.0. The third kappa shape index (κ3) is 5.48. The van der Waals surface area contributed by atoms with Gasteiger partial charge in [0.1, 0.15) is 17.7 Å². The molecule has 0 radical (unpaired) electrons. The summed E-state index contributed by atoms with van der Waals surface area (Å²) in [6, 6.07) is 3.75. The monoisotopic (exact) mass is 463 g/mol. The molecule has 0 saturated heterocycles. The van der Waals surface area contributed by atoms with Gasteiger partial charge in [-0.1, -0.05) is 32.4 Å². The van der Waals surface area contributed by atoms with E-state index in [2.05, 4.69) is 20.5 Å². The Morgan fingerprint density at radius 3 is 2.62 bits per heavy atom. The van der Waals surface area contributed by atoms with Gasteiger partial charge in [-0.25, -0.2) is 9.37 Å². The second-order valence-corrected chi connectivity index (χ2v) is 9.91. The summed E-state index contributed by atoms with van der Waals surface area (Å²) in [5.74, 6) is -0.594. The van der Waals surface area contributed by atoms with Crippen molar-refractivity contribution in [3.63, 3.8) is 0 Å². The molecule has 9 heteroatoms. The molecule has 0 fully saturated rings. The first kappa shape index (κ1) is 24.2. The molecule has 174 valence electrons. The van der Waals surface area contributed by atoms with Crippen LogP contribution in [0, 0.1) is 11.2 Å². The molecule has 2 N–H and O–H groups in total. The number of carbonyl (C=O) groups excluding carboxylic acids is 2. The van der Waals surface area contributed by atoms with Crippen LogP contribution in [0.5, 0.6) is 0 Å². The quantitative estimate of drug-likeness (QED) is 0.711. The van der Waals surface area contributed by atoms with E-state index in [1.165, 1.54) is 12.1 Å². The Morgan fingerprint density at radius 2 is 2.00 bits per heavy atom. The van der Waals surface area contributed by atoms with Gasteiger partial charge in [0, 0.05) is 25.7 Å². The molecule has 1 aliphatic heterocycles. The molecule has 0 spiro atoms. The zero-order valence-electron chi connectivity index (χ0n) is 19.3. The first-order valence-electron chi connectivity index (χ1n) is 10.8. The highest BCUT2D eigenvalue weighted by molar-refractivity contribution is 6.31. The van der Waals surface area contributed by atoms with Crippen LogP contribution < -0.4 is 10.6 Å². The van der Waals surface area contributed by atoms with Gasteiger partial charge in [0.15, 0.2) is 5.69 Å². The van der Waals surface area contributed by atoms with Crippen LogP contribution >= 0.6 is 11.6 Å². The largest absolute Gasteiger partial charge is 0.357 e. The third-order valence-corrected chi connectivity index (χ3v) is 5.78. The molecule has 0 bridgehead atoms. The molecule has 0 aliphatic carbocycles. The Bertz CT molecular complexity index is 1010. The smallest absolute Gasteiger partial charge is 0.272 e. The van der Waals surface area contributed by atoms with Gasteiger partial charge in [-0.15, -0.1) is 0 Å². The molecule has 0 saturated carbocycles. The summed E-state index contributed by atoms with van der Waals surface area (Å²) in [5, 5.41) is 5.51. The molecule has 1 aromatic heterocycles. The summed E-state index contributed by atoms with van der Waals surface area (Å²) in [6.45, 7) is 8.13.